The number of hydrogen-bond acceptors (Lipinski definition) is 6. The largest absolute Gasteiger partial charge is 0.356 e. The summed E-state index contributed by atoms with van der Waals surface area (Å²) in [6.45, 7) is 6.21. The van der Waals surface area contributed by atoms with Gasteiger partial charge in [0, 0.05) is 51.0 Å². The summed E-state index contributed by atoms with van der Waals surface area (Å²) in [5.41, 5.74) is 3.47. The molecule has 1 aromatic carbocycles. The minimum atomic E-state index is -3.48. The number of fused-ring (bicyclic) bond motifs is 1. The molecule has 2 fully saturated rings. The zero-order valence-electron chi connectivity index (χ0n) is 19.0. The lowest BCUT2D eigenvalue weighted by molar-refractivity contribution is 0.382. The van der Waals surface area contributed by atoms with Crippen LogP contribution in [0.1, 0.15) is 48.9 Å². The van der Waals surface area contributed by atoms with Crippen LogP contribution in [0.2, 0.25) is 0 Å². The van der Waals surface area contributed by atoms with Crippen molar-refractivity contribution in [3.8, 4) is 0 Å². The van der Waals surface area contributed by atoms with Gasteiger partial charge in [-0.05, 0) is 75.1 Å². The van der Waals surface area contributed by atoms with Gasteiger partial charge in [0.15, 0.2) is 0 Å². The number of rotatable bonds is 4. The van der Waals surface area contributed by atoms with Crippen LogP contribution < -0.4 is 9.80 Å². The van der Waals surface area contributed by atoms with E-state index in [4.69, 9.17) is 4.98 Å². The van der Waals surface area contributed by atoms with E-state index in [1.165, 1.54) is 36.8 Å². The molecule has 7 nitrogen and oxygen atoms in total. The molecule has 1 aliphatic carbocycles. The SMILES string of the molecule is Cc1cc(N2CCCCC2)nc(N2CCN(S(=O)(=O)c3ccc4c(c3)CCCC4)CC2)n1. The first-order valence-electron chi connectivity index (χ1n) is 12.0. The van der Waals surface area contributed by atoms with Gasteiger partial charge in [-0.15, -0.1) is 0 Å². The maximum absolute atomic E-state index is 13.3. The molecule has 2 aromatic rings. The lowest BCUT2D eigenvalue weighted by Gasteiger charge is -2.35. The standard InChI is InChI=1S/C24H33N5O2S/c1-19-17-23(27-11-5-2-6-12-27)26-24(25-19)28-13-15-29(16-14-28)32(30,31)22-10-9-20-7-3-4-8-21(20)18-22/h9-10,17-18H,2-8,11-16H2,1H3. The number of piperazine rings is 1. The second-order valence-corrected chi connectivity index (χ2v) is 11.2. The summed E-state index contributed by atoms with van der Waals surface area (Å²) in [4.78, 5) is 14.4. The van der Waals surface area contributed by atoms with Crippen molar-refractivity contribution in [3.05, 3.63) is 41.1 Å². The van der Waals surface area contributed by atoms with Crippen molar-refractivity contribution in [1.29, 1.82) is 0 Å². The minimum absolute atomic E-state index is 0.436. The maximum atomic E-state index is 13.3. The molecule has 0 amide bonds. The molecule has 172 valence electrons. The summed E-state index contributed by atoms with van der Waals surface area (Å²) in [7, 11) is -3.48. The first-order chi connectivity index (χ1) is 15.5. The molecule has 0 spiro atoms. The highest BCUT2D eigenvalue weighted by Gasteiger charge is 2.30. The molecule has 0 radical (unpaired) electrons. The Balaban J connectivity index is 1.29. The van der Waals surface area contributed by atoms with E-state index in [-0.39, 0.29) is 0 Å². The van der Waals surface area contributed by atoms with E-state index in [0.29, 0.717) is 31.1 Å². The summed E-state index contributed by atoms with van der Waals surface area (Å²) >= 11 is 0. The van der Waals surface area contributed by atoms with Gasteiger partial charge in [0.25, 0.3) is 0 Å². The third-order valence-corrected chi connectivity index (χ3v) is 8.88. The first-order valence-corrected chi connectivity index (χ1v) is 13.4. The van der Waals surface area contributed by atoms with Crippen LogP contribution in [0.25, 0.3) is 0 Å². The second-order valence-electron chi connectivity index (χ2n) is 9.24. The molecule has 3 heterocycles. The lowest BCUT2D eigenvalue weighted by atomic mass is 9.92. The summed E-state index contributed by atoms with van der Waals surface area (Å²) in [6.07, 6.45) is 8.08. The van der Waals surface area contributed by atoms with Crippen molar-refractivity contribution in [2.24, 2.45) is 0 Å². The predicted molar refractivity (Wildman–Crippen MR) is 127 cm³/mol. The second kappa shape index (κ2) is 8.98. The molecule has 0 saturated carbocycles. The van der Waals surface area contributed by atoms with Gasteiger partial charge in [-0.1, -0.05) is 6.07 Å². The molecule has 8 heteroatoms. The van der Waals surface area contributed by atoms with Crippen LogP contribution >= 0.6 is 0 Å². The van der Waals surface area contributed by atoms with Gasteiger partial charge in [0.05, 0.1) is 4.90 Å². The Hall–Kier alpha value is -2.19. The number of aromatic nitrogens is 2. The number of nitrogens with zero attached hydrogens (tertiary/aromatic N) is 5. The van der Waals surface area contributed by atoms with Gasteiger partial charge in [-0.3, -0.25) is 0 Å². The Bertz CT molecular complexity index is 1070. The van der Waals surface area contributed by atoms with Crippen molar-refractivity contribution in [3.63, 3.8) is 0 Å². The number of sulfonamides is 1. The molecular formula is C24H33N5O2S. The van der Waals surface area contributed by atoms with E-state index < -0.39 is 10.0 Å². The molecule has 2 saturated heterocycles. The van der Waals surface area contributed by atoms with Gasteiger partial charge in [0.2, 0.25) is 16.0 Å². The molecule has 0 atom stereocenters. The third-order valence-electron chi connectivity index (χ3n) is 6.99. The van der Waals surface area contributed by atoms with E-state index in [9.17, 15) is 8.42 Å². The third kappa shape index (κ3) is 4.35. The van der Waals surface area contributed by atoms with E-state index in [1.54, 1.807) is 10.4 Å². The molecule has 32 heavy (non-hydrogen) atoms. The summed E-state index contributed by atoms with van der Waals surface area (Å²) in [5.74, 6) is 1.72. The van der Waals surface area contributed by atoms with Crippen LogP contribution in [0.15, 0.2) is 29.2 Å². The van der Waals surface area contributed by atoms with E-state index in [0.717, 1.165) is 49.8 Å². The molecule has 3 aliphatic rings. The van der Waals surface area contributed by atoms with Gasteiger partial charge in [-0.25, -0.2) is 13.4 Å². The predicted octanol–water partition coefficient (Wildman–Crippen LogP) is 3.17. The fourth-order valence-corrected chi connectivity index (χ4v) is 6.58. The van der Waals surface area contributed by atoms with Gasteiger partial charge in [-0.2, -0.15) is 9.29 Å². The number of benzene rings is 1. The Morgan fingerprint density at radius 3 is 2.22 bits per heavy atom. The smallest absolute Gasteiger partial charge is 0.243 e. The number of hydrogen-bond donors (Lipinski definition) is 0. The van der Waals surface area contributed by atoms with Crippen LogP contribution in [0, 0.1) is 6.92 Å². The highest BCUT2D eigenvalue weighted by molar-refractivity contribution is 7.89. The van der Waals surface area contributed by atoms with E-state index >= 15 is 0 Å². The fraction of sp³-hybridized carbons (Fsp3) is 0.583. The average molecular weight is 456 g/mol. The number of aryl methyl sites for hydroxylation is 3. The summed E-state index contributed by atoms with van der Waals surface area (Å²) < 4.78 is 28.2. The molecular weight excluding hydrogens is 422 g/mol. The molecule has 0 unspecified atom stereocenters. The van der Waals surface area contributed by atoms with Crippen LogP contribution in [0.3, 0.4) is 0 Å². The van der Waals surface area contributed by atoms with E-state index in [2.05, 4.69) is 20.9 Å². The Labute approximate surface area is 191 Å². The normalized spacial score (nSPS) is 20.3. The van der Waals surface area contributed by atoms with Crippen LogP contribution in [-0.2, 0) is 22.9 Å². The molecule has 0 bridgehead atoms. The number of piperidine rings is 1. The highest BCUT2D eigenvalue weighted by Crippen LogP contribution is 2.27. The van der Waals surface area contributed by atoms with Crippen molar-refractivity contribution in [2.75, 3.05) is 49.1 Å². The van der Waals surface area contributed by atoms with E-state index in [1.807, 2.05) is 19.1 Å². The van der Waals surface area contributed by atoms with Crippen molar-refractivity contribution in [2.45, 2.75) is 56.8 Å². The maximum Gasteiger partial charge on any atom is 0.243 e. The monoisotopic (exact) mass is 455 g/mol. The van der Waals surface area contributed by atoms with Gasteiger partial charge >= 0.3 is 0 Å². The Kier molecular flexibility index (Phi) is 6.07. The quantitative estimate of drug-likeness (QED) is 0.705. The lowest BCUT2D eigenvalue weighted by Crippen LogP contribution is -2.49. The first kappa shape index (κ1) is 21.6. The van der Waals surface area contributed by atoms with Crippen molar-refractivity contribution < 1.29 is 8.42 Å². The molecule has 5 rings (SSSR count). The van der Waals surface area contributed by atoms with Crippen molar-refractivity contribution >= 4 is 21.8 Å². The average Bonchev–Trinajstić information content (AvgIpc) is 2.84. The van der Waals surface area contributed by atoms with Gasteiger partial charge in [0.1, 0.15) is 5.82 Å². The Morgan fingerprint density at radius 2 is 1.47 bits per heavy atom. The topological polar surface area (TPSA) is 69.6 Å². The zero-order valence-corrected chi connectivity index (χ0v) is 19.8. The van der Waals surface area contributed by atoms with Crippen LogP contribution in [0.4, 0.5) is 11.8 Å². The number of anilines is 2. The van der Waals surface area contributed by atoms with Gasteiger partial charge < -0.3 is 9.80 Å². The summed E-state index contributed by atoms with van der Waals surface area (Å²) in [6, 6.07) is 7.77. The molecule has 0 N–H and O–H groups in total. The molecule has 2 aliphatic heterocycles. The Morgan fingerprint density at radius 1 is 0.750 bits per heavy atom. The molecule has 1 aromatic heterocycles. The minimum Gasteiger partial charge on any atom is -0.356 e. The van der Waals surface area contributed by atoms with Crippen LogP contribution in [-0.4, -0.2) is 62.0 Å². The summed E-state index contributed by atoms with van der Waals surface area (Å²) in [5, 5.41) is 0. The van der Waals surface area contributed by atoms with Crippen LogP contribution in [0.5, 0.6) is 0 Å². The fourth-order valence-electron chi connectivity index (χ4n) is 5.11. The highest BCUT2D eigenvalue weighted by atomic mass is 32.2. The van der Waals surface area contributed by atoms with Crippen molar-refractivity contribution in [1.82, 2.24) is 14.3 Å². The zero-order chi connectivity index (χ0) is 22.1.